The van der Waals surface area contributed by atoms with Gasteiger partial charge in [-0.25, -0.2) is 4.98 Å². The fraction of sp³-hybridized carbons (Fsp3) is 0.667. The van der Waals surface area contributed by atoms with Crippen molar-refractivity contribution in [2.45, 2.75) is 45.6 Å². The molecule has 3 fully saturated rings. The lowest BCUT2D eigenvalue weighted by atomic mass is 9.76. The number of carbonyl (C=O) groups is 1. The molecule has 5 heterocycles. The van der Waals surface area contributed by atoms with E-state index in [1.54, 1.807) is 0 Å². The smallest absolute Gasteiger partial charge is 0.263 e. The standard InChI is InChI=1S/C18H23N5O2/c1-10-16-17(19-11(2)20-18(16)25-21-10)22-7-12-6-13(9-22)14-4-3-5-15(24)23(14)8-12/h12-14H,3-9H2,1-2H3/t12?,13?,14-/m0/s1. The number of hydrogen-bond donors (Lipinski definition) is 0. The van der Waals surface area contributed by atoms with E-state index in [4.69, 9.17) is 9.51 Å². The SMILES string of the molecule is Cc1nc(N2CC3CC(C2)[C@@H]2CCCC(=O)N2C3)c2c(C)noc2n1. The molecular weight excluding hydrogens is 318 g/mol. The lowest BCUT2D eigenvalue weighted by Crippen LogP contribution is -2.60. The highest BCUT2D eigenvalue weighted by Crippen LogP contribution is 2.40. The Balaban J connectivity index is 1.51. The third kappa shape index (κ3) is 2.32. The molecule has 0 N–H and O–H groups in total. The zero-order valence-electron chi connectivity index (χ0n) is 14.7. The molecule has 0 saturated carbocycles. The molecule has 0 aromatic carbocycles. The molecule has 3 atom stereocenters. The van der Waals surface area contributed by atoms with Gasteiger partial charge in [0.15, 0.2) is 0 Å². The molecule has 0 radical (unpaired) electrons. The van der Waals surface area contributed by atoms with E-state index in [1.807, 2.05) is 13.8 Å². The van der Waals surface area contributed by atoms with E-state index in [0.717, 1.165) is 55.8 Å². The van der Waals surface area contributed by atoms with E-state index in [1.165, 1.54) is 6.42 Å². The molecule has 3 aliphatic heterocycles. The summed E-state index contributed by atoms with van der Waals surface area (Å²) in [7, 11) is 0. The van der Waals surface area contributed by atoms with Crippen molar-refractivity contribution in [3.63, 3.8) is 0 Å². The van der Waals surface area contributed by atoms with Crippen LogP contribution in [0.1, 0.15) is 37.2 Å². The topological polar surface area (TPSA) is 75.4 Å². The quantitative estimate of drug-likeness (QED) is 0.790. The first-order valence-electron chi connectivity index (χ1n) is 9.25. The van der Waals surface area contributed by atoms with E-state index < -0.39 is 0 Å². The van der Waals surface area contributed by atoms with E-state index in [2.05, 4.69) is 19.9 Å². The van der Waals surface area contributed by atoms with Gasteiger partial charge < -0.3 is 14.3 Å². The summed E-state index contributed by atoms with van der Waals surface area (Å²) < 4.78 is 5.37. The minimum absolute atomic E-state index is 0.356. The van der Waals surface area contributed by atoms with Crippen LogP contribution in [0.15, 0.2) is 4.52 Å². The Hall–Kier alpha value is -2.18. The molecule has 2 unspecified atom stereocenters. The highest BCUT2D eigenvalue weighted by molar-refractivity contribution is 5.88. The number of anilines is 1. The third-order valence-corrected chi connectivity index (χ3v) is 6.08. The number of hydrogen-bond acceptors (Lipinski definition) is 6. The van der Waals surface area contributed by atoms with Crippen molar-refractivity contribution in [1.82, 2.24) is 20.0 Å². The molecular formula is C18H23N5O2. The molecule has 25 heavy (non-hydrogen) atoms. The maximum Gasteiger partial charge on any atom is 0.263 e. The average Bonchev–Trinajstić information content (AvgIpc) is 2.96. The van der Waals surface area contributed by atoms with Gasteiger partial charge in [0.2, 0.25) is 5.91 Å². The molecule has 3 saturated heterocycles. The molecule has 5 rings (SSSR count). The maximum absolute atomic E-state index is 12.3. The number of aromatic nitrogens is 3. The van der Waals surface area contributed by atoms with Crippen LogP contribution in [0.2, 0.25) is 0 Å². The summed E-state index contributed by atoms with van der Waals surface area (Å²) in [5.41, 5.74) is 1.42. The first kappa shape index (κ1) is 15.1. The Kier molecular flexibility index (Phi) is 3.27. The van der Waals surface area contributed by atoms with Gasteiger partial charge in [0.1, 0.15) is 17.0 Å². The summed E-state index contributed by atoms with van der Waals surface area (Å²) in [6, 6.07) is 0.405. The molecule has 0 aliphatic carbocycles. The Morgan fingerprint density at radius 3 is 2.92 bits per heavy atom. The molecule has 7 nitrogen and oxygen atoms in total. The van der Waals surface area contributed by atoms with Crippen molar-refractivity contribution in [3.8, 4) is 0 Å². The molecule has 7 heteroatoms. The van der Waals surface area contributed by atoms with Gasteiger partial charge in [-0.3, -0.25) is 4.79 Å². The lowest BCUT2D eigenvalue weighted by molar-refractivity contribution is -0.142. The maximum atomic E-state index is 12.3. The van der Waals surface area contributed by atoms with Crippen LogP contribution in [-0.4, -0.2) is 51.6 Å². The Bertz CT molecular complexity index is 847. The number of piperidine rings is 3. The van der Waals surface area contributed by atoms with Gasteiger partial charge >= 0.3 is 0 Å². The van der Waals surface area contributed by atoms with Crippen molar-refractivity contribution in [1.29, 1.82) is 0 Å². The summed E-state index contributed by atoms with van der Waals surface area (Å²) in [6.07, 6.45) is 4.12. The van der Waals surface area contributed by atoms with Gasteiger partial charge in [0.25, 0.3) is 5.71 Å². The second-order valence-electron chi connectivity index (χ2n) is 7.82. The molecule has 2 aromatic rings. The summed E-state index contributed by atoms with van der Waals surface area (Å²) in [5, 5.41) is 5.02. The second kappa shape index (κ2) is 5.41. The van der Waals surface area contributed by atoms with Crippen LogP contribution in [0.5, 0.6) is 0 Å². The van der Waals surface area contributed by atoms with E-state index in [-0.39, 0.29) is 0 Å². The first-order chi connectivity index (χ1) is 12.1. The second-order valence-corrected chi connectivity index (χ2v) is 7.82. The normalized spacial score (nSPS) is 29.2. The fourth-order valence-corrected chi connectivity index (χ4v) is 5.08. The molecule has 132 valence electrons. The summed E-state index contributed by atoms with van der Waals surface area (Å²) in [5.74, 6) is 3.06. The molecule has 0 spiro atoms. The van der Waals surface area contributed by atoms with Crippen LogP contribution in [-0.2, 0) is 4.79 Å². The van der Waals surface area contributed by atoms with Crippen LogP contribution >= 0.6 is 0 Å². The van der Waals surface area contributed by atoms with Crippen LogP contribution in [0.4, 0.5) is 5.82 Å². The Labute approximate surface area is 146 Å². The van der Waals surface area contributed by atoms with Crippen molar-refractivity contribution in [2.75, 3.05) is 24.5 Å². The average molecular weight is 341 g/mol. The van der Waals surface area contributed by atoms with Crippen LogP contribution in [0.3, 0.4) is 0 Å². The largest absolute Gasteiger partial charge is 0.355 e. The Morgan fingerprint density at radius 2 is 2.04 bits per heavy atom. The fourth-order valence-electron chi connectivity index (χ4n) is 5.08. The molecule has 1 amide bonds. The molecule has 2 bridgehead atoms. The van der Waals surface area contributed by atoms with Gasteiger partial charge in [-0.2, -0.15) is 4.98 Å². The van der Waals surface area contributed by atoms with Crippen molar-refractivity contribution < 1.29 is 9.32 Å². The molecule has 2 aromatic heterocycles. The first-order valence-corrected chi connectivity index (χ1v) is 9.25. The van der Waals surface area contributed by atoms with Gasteiger partial charge in [0, 0.05) is 32.1 Å². The minimum Gasteiger partial charge on any atom is -0.355 e. The number of rotatable bonds is 1. The summed E-state index contributed by atoms with van der Waals surface area (Å²) in [4.78, 5) is 26.0. The number of nitrogens with zero attached hydrogens (tertiary/aromatic N) is 5. The number of amides is 1. The lowest BCUT2D eigenvalue weighted by Gasteiger charge is -2.52. The van der Waals surface area contributed by atoms with Crippen LogP contribution in [0, 0.1) is 25.7 Å². The monoisotopic (exact) mass is 341 g/mol. The predicted molar refractivity (Wildman–Crippen MR) is 92.2 cm³/mol. The van der Waals surface area contributed by atoms with Crippen molar-refractivity contribution in [2.24, 2.45) is 11.8 Å². The zero-order valence-corrected chi connectivity index (χ0v) is 14.7. The zero-order chi connectivity index (χ0) is 17.1. The van der Waals surface area contributed by atoms with Crippen LogP contribution < -0.4 is 4.90 Å². The van der Waals surface area contributed by atoms with Crippen LogP contribution in [0.25, 0.3) is 11.1 Å². The van der Waals surface area contributed by atoms with Gasteiger partial charge in [-0.1, -0.05) is 5.16 Å². The minimum atomic E-state index is 0.356. The summed E-state index contributed by atoms with van der Waals surface area (Å²) in [6.45, 7) is 6.62. The molecule has 3 aliphatic rings. The van der Waals surface area contributed by atoms with Gasteiger partial charge in [-0.15, -0.1) is 0 Å². The van der Waals surface area contributed by atoms with E-state index in [0.29, 0.717) is 35.3 Å². The Morgan fingerprint density at radius 1 is 1.16 bits per heavy atom. The highest BCUT2D eigenvalue weighted by atomic mass is 16.5. The van der Waals surface area contributed by atoms with E-state index in [9.17, 15) is 4.79 Å². The van der Waals surface area contributed by atoms with Crippen molar-refractivity contribution in [3.05, 3.63) is 11.5 Å². The number of aryl methyl sites for hydroxylation is 2. The highest BCUT2D eigenvalue weighted by Gasteiger charge is 2.44. The number of carbonyl (C=O) groups excluding carboxylic acids is 1. The predicted octanol–water partition coefficient (Wildman–Crippen LogP) is 2.07. The number of fused-ring (bicyclic) bond motifs is 5. The van der Waals surface area contributed by atoms with Crippen molar-refractivity contribution >= 4 is 22.8 Å². The van der Waals surface area contributed by atoms with Gasteiger partial charge in [-0.05, 0) is 44.9 Å². The third-order valence-electron chi connectivity index (χ3n) is 6.08. The summed E-state index contributed by atoms with van der Waals surface area (Å²) >= 11 is 0. The van der Waals surface area contributed by atoms with E-state index >= 15 is 0 Å². The van der Waals surface area contributed by atoms with Gasteiger partial charge in [0.05, 0.1) is 5.69 Å².